The van der Waals surface area contributed by atoms with Crippen molar-refractivity contribution in [2.45, 2.75) is 58.7 Å². The van der Waals surface area contributed by atoms with Crippen molar-refractivity contribution in [2.75, 3.05) is 12.4 Å². The molecule has 0 saturated heterocycles. The Morgan fingerprint density at radius 1 is 1.00 bits per heavy atom. The summed E-state index contributed by atoms with van der Waals surface area (Å²) in [7, 11) is 1.66. The van der Waals surface area contributed by atoms with Crippen LogP contribution in [0.3, 0.4) is 0 Å². The summed E-state index contributed by atoms with van der Waals surface area (Å²) in [6.07, 6.45) is 0.326. The van der Waals surface area contributed by atoms with Gasteiger partial charge in [0.1, 0.15) is 23.2 Å². The molecule has 3 aromatic carbocycles. The molecule has 1 aliphatic rings. The minimum atomic E-state index is -0.794. The maximum atomic E-state index is 12.7. The van der Waals surface area contributed by atoms with Crippen molar-refractivity contribution >= 4 is 11.7 Å². The lowest BCUT2D eigenvalue weighted by Crippen LogP contribution is -2.51. The molecule has 0 fully saturated rings. The first-order valence-corrected chi connectivity index (χ1v) is 12.5. The van der Waals surface area contributed by atoms with Gasteiger partial charge in [-0.2, -0.15) is 0 Å². The topological polar surface area (TPSA) is 66.0 Å². The zero-order chi connectivity index (χ0) is 26.4. The van der Waals surface area contributed by atoms with Crippen molar-refractivity contribution in [1.82, 2.24) is 0 Å². The zero-order valence-corrected chi connectivity index (χ0v) is 22.1. The molecule has 1 heterocycles. The van der Waals surface area contributed by atoms with E-state index < -0.39 is 23.8 Å². The van der Waals surface area contributed by atoms with E-state index in [0.29, 0.717) is 18.9 Å². The average Bonchev–Trinajstić information content (AvgIpc) is 2.87. The minimum Gasteiger partial charge on any atom is -0.497 e. The van der Waals surface area contributed by atoms with Gasteiger partial charge in [-0.1, -0.05) is 48.0 Å². The molecule has 0 bridgehead atoms. The molecule has 2 atom stereocenters. The first kappa shape index (κ1) is 26.3. The predicted octanol–water partition coefficient (Wildman–Crippen LogP) is 6.61. The van der Waals surface area contributed by atoms with Crippen molar-refractivity contribution in [3.63, 3.8) is 0 Å². The van der Waals surface area contributed by atoms with Crippen LogP contribution in [0.5, 0.6) is 11.5 Å². The number of benzene rings is 3. The summed E-state index contributed by atoms with van der Waals surface area (Å²) in [5.74, 6) is 1.13. The third kappa shape index (κ3) is 6.71. The molecule has 2 unspecified atom stereocenters. The van der Waals surface area contributed by atoms with Crippen LogP contribution in [0.2, 0.25) is 0 Å². The molecule has 3 aromatic rings. The van der Waals surface area contributed by atoms with Gasteiger partial charge in [0.2, 0.25) is 0 Å². The fourth-order valence-corrected chi connectivity index (χ4v) is 4.33. The van der Waals surface area contributed by atoms with Gasteiger partial charge in [-0.3, -0.25) is 0 Å². The highest BCUT2D eigenvalue weighted by molar-refractivity contribution is 5.83. The second-order valence-electron chi connectivity index (χ2n) is 9.96. The van der Waals surface area contributed by atoms with Gasteiger partial charge in [-0.15, -0.1) is 0 Å². The quantitative estimate of drug-likeness (QED) is 0.263. The molecule has 6 nitrogen and oxygen atoms in total. The normalized spacial score (nSPS) is 17.6. The monoisotopic (exact) mass is 501 g/mol. The molecule has 0 amide bonds. The lowest BCUT2D eigenvalue weighted by atomic mass is 9.87. The van der Waals surface area contributed by atoms with E-state index in [1.165, 1.54) is 6.08 Å². The van der Waals surface area contributed by atoms with Crippen LogP contribution in [0.15, 0.2) is 84.4 Å². The number of hydrogen-bond acceptors (Lipinski definition) is 6. The van der Waals surface area contributed by atoms with Crippen LogP contribution in [0.1, 0.15) is 50.5 Å². The number of methoxy groups -OCH3 is 1. The smallest absolute Gasteiger partial charge is 0.331 e. The van der Waals surface area contributed by atoms with Crippen LogP contribution in [0.4, 0.5) is 5.69 Å². The summed E-state index contributed by atoms with van der Waals surface area (Å²) < 4.78 is 24.0. The van der Waals surface area contributed by atoms with Crippen LogP contribution in [-0.2, 0) is 27.4 Å². The SMILES string of the molecule is COc1ccc(CNc2ccc3c(c2)C(OCc2ccccc2)C(OC(=O)C=C(C)C)C(C)(C)O3)cc1. The third-order valence-corrected chi connectivity index (χ3v) is 6.23. The summed E-state index contributed by atoms with van der Waals surface area (Å²) in [5, 5.41) is 3.48. The Morgan fingerprint density at radius 2 is 1.73 bits per heavy atom. The number of fused-ring (bicyclic) bond motifs is 1. The summed E-state index contributed by atoms with van der Waals surface area (Å²) in [5.41, 5.74) is 3.99. The standard InChI is InChI=1S/C31H35NO5/c1-21(2)17-28(33)36-30-29(35-20-23-9-7-6-8-10-23)26-18-24(13-16-27(26)37-31(30,3)4)32-19-22-11-14-25(34-5)15-12-22/h6-18,29-30,32H,19-20H2,1-5H3. The van der Waals surface area contributed by atoms with Crippen LogP contribution in [-0.4, -0.2) is 24.8 Å². The third-order valence-electron chi connectivity index (χ3n) is 6.23. The highest BCUT2D eigenvalue weighted by Gasteiger charge is 2.47. The molecule has 37 heavy (non-hydrogen) atoms. The first-order valence-electron chi connectivity index (χ1n) is 12.5. The maximum Gasteiger partial charge on any atom is 0.331 e. The average molecular weight is 502 g/mol. The van der Waals surface area contributed by atoms with Crippen LogP contribution >= 0.6 is 0 Å². The van der Waals surface area contributed by atoms with E-state index in [1.54, 1.807) is 7.11 Å². The van der Waals surface area contributed by atoms with Gasteiger partial charge in [0.25, 0.3) is 0 Å². The van der Waals surface area contributed by atoms with Gasteiger partial charge in [-0.25, -0.2) is 4.79 Å². The van der Waals surface area contributed by atoms with Crippen LogP contribution in [0, 0.1) is 0 Å². The number of esters is 1. The van der Waals surface area contributed by atoms with Crippen LogP contribution in [0.25, 0.3) is 0 Å². The molecule has 0 spiro atoms. The van der Waals surface area contributed by atoms with Crippen molar-refractivity contribution < 1.29 is 23.7 Å². The molecule has 4 rings (SSSR count). The van der Waals surface area contributed by atoms with E-state index in [-0.39, 0.29) is 0 Å². The Kier molecular flexibility index (Phi) is 8.19. The van der Waals surface area contributed by atoms with E-state index in [4.69, 9.17) is 18.9 Å². The number of hydrogen-bond donors (Lipinski definition) is 1. The van der Waals surface area contributed by atoms with Gasteiger partial charge >= 0.3 is 5.97 Å². The molecule has 6 heteroatoms. The molecular weight excluding hydrogens is 466 g/mol. The molecule has 194 valence electrons. The van der Waals surface area contributed by atoms with Crippen LogP contribution < -0.4 is 14.8 Å². The number of anilines is 1. The second-order valence-corrected chi connectivity index (χ2v) is 9.96. The van der Waals surface area contributed by atoms with Crippen molar-refractivity contribution in [3.8, 4) is 11.5 Å². The van der Waals surface area contributed by atoms with E-state index in [2.05, 4.69) is 5.32 Å². The molecule has 0 saturated carbocycles. The molecule has 0 aromatic heterocycles. The minimum absolute atomic E-state index is 0.376. The predicted molar refractivity (Wildman–Crippen MR) is 145 cm³/mol. The number of allylic oxidation sites excluding steroid dienone is 1. The highest BCUT2D eigenvalue weighted by atomic mass is 16.6. The lowest BCUT2D eigenvalue weighted by molar-refractivity contribution is -0.181. The Hall–Kier alpha value is -3.77. The molecule has 1 aliphatic heterocycles. The van der Waals surface area contributed by atoms with Gasteiger partial charge in [0, 0.05) is 23.9 Å². The van der Waals surface area contributed by atoms with Gasteiger partial charge in [-0.05, 0) is 69.2 Å². The highest BCUT2D eigenvalue weighted by Crippen LogP contribution is 2.44. The second kappa shape index (κ2) is 11.5. The van der Waals surface area contributed by atoms with Crippen molar-refractivity contribution in [2.24, 2.45) is 0 Å². The Morgan fingerprint density at radius 3 is 2.41 bits per heavy atom. The molecular formula is C31H35NO5. The van der Waals surface area contributed by atoms with E-state index in [1.807, 2.05) is 100 Å². The summed E-state index contributed by atoms with van der Waals surface area (Å²) in [6, 6.07) is 23.9. The Balaban J connectivity index is 1.62. The maximum absolute atomic E-state index is 12.7. The van der Waals surface area contributed by atoms with Gasteiger partial charge in [0.15, 0.2) is 6.10 Å². The summed E-state index contributed by atoms with van der Waals surface area (Å²) in [6.45, 7) is 8.59. The molecule has 1 N–H and O–H groups in total. The number of rotatable bonds is 9. The van der Waals surface area contributed by atoms with Crippen molar-refractivity contribution in [3.05, 3.63) is 101 Å². The number of nitrogens with one attached hydrogen (secondary N) is 1. The Labute approximate surface area is 219 Å². The van der Waals surface area contributed by atoms with E-state index in [0.717, 1.165) is 33.7 Å². The fourth-order valence-electron chi connectivity index (χ4n) is 4.33. The lowest BCUT2D eigenvalue weighted by Gasteiger charge is -2.43. The van der Waals surface area contributed by atoms with Gasteiger partial charge in [0.05, 0.1) is 13.7 Å². The van der Waals surface area contributed by atoms with Crippen molar-refractivity contribution in [1.29, 1.82) is 0 Å². The summed E-state index contributed by atoms with van der Waals surface area (Å²) in [4.78, 5) is 12.7. The largest absolute Gasteiger partial charge is 0.497 e. The number of ether oxygens (including phenoxy) is 4. The first-order chi connectivity index (χ1) is 17.7. The molecule has 0 radical (unpaired) electrons. The molecule has 0 aliphatic carbocycles. The van der Waals surface area contributed by atoms with E-state index >= 15 is 0 Å². The fraction of sp³-hybridized carbons (Fsp3) is 0.323. The number of carbonyl (C=O) groups is 1. The van der Waals surface area contributed by atoms with E-state index in [9.17, 15) is 4.79 Å². The van der Waals surface area contributed by atoms with Gasteiger partial charge < -0.3 is 24.3 Å². The summed E-state index contributed by atoms with van der Waals surface area (Å²) >= 11 is 0. The zero-order valence-electron chi connectivity index (χ0n) is 22.1. The number of carbonyl (C=O) groups excluding carboxylic acids is 1. The Bertz CT molecular complexity index is 1230.